The topological polar surface area (TPSA) is 49.3 Å². The summed E-state index contributed by atoms with van der Waals surface area (Å²) in [5.41, 5.74) is 2.53. The summed E-state index contributed by atoms with van der Waals surface area (Å²) < 4.78 is 0. The molecule has 1 heterocycles. The first-order chi connectivity index (χ1) is 9.54. The van der Waals surface area contributed by atoms with Crippen molar-refractivity contribution in [3.05, 3.63) is 57.3 Å². The van der Waals surface area contributed by atoms with Gasteiger partial charge in [0.2, 0.25) is 0 Å². The summed E-state index contributed by atoms with van der Waals surface area (Å²) >= 11 is 1.56. The lowest BCUT2D eigenvalue weighted by Gasteiger charge is -2.14. The van der Waals surface area contributed by atoms with Crippen LogP contribution in [0.1, 0.15) is 33.8 Å². The van der Waals surface area contributed by atoms with Gasteiger partial charge in [0, 0.05) is 22.3 Å². The highest BCUT2D eigenvalue weighted by molar-refractivity contribution is 7.12. The van der Waals surface area contributed by atoms with Crippen molar-refractivity contribution >= 4 is 17.3 Å². The van der Waals surface area contributed by atoms with E-state index in [2.05, 4.69) is 43.4 Å². The van der Waals surface area contributed by atoms with Gasteiger partial charge in [0.05, 0.1) is 6.42 Å². The van der Waals surface area contributed by atoms with E-state index >= 15 is 0 Å². The molecule has 0 saturated carbocycles. The Morgan fingerprint density at radius 2 is 2.05 bits per heavy atom. The standard InChI is InChI=1S/C16H19NO2S/c1-11-4-3-5-13(8-11)12(2)17-10-15-7-6-14(20-15)9-16(18)19/h3-8,12,17H,9-10H2,1-2H3,(H,18,19)/t12-/m0/s1. The van der Waals surface area contributed by atoms with Crippen LogP contribution in [0.5, 0.6) is 0 Å². The molecule has 0 amide bonds. The van der Waals surface area contributed by atoms with Gasteiger partial charge in [-0.1, -0.05) is 29.8 Å². The summed E-state index contributed by atoms with van der Waals surface area (Å²) in [6, 6.07) is 12.6. The number of thiophene rings is 1. The zero-order chi connectivity index (χ0) is 14.5. The summed E-state index contributed by atoms with van der Waals surface area (Å²) in [6.45, 7) is 4.99. The Kier molecular flexibility index (Phi) is 4.93. The fraction of sp³-hybridized carbons (Fsp3) is 0.312. The fourth-order valence-electron chi connectivity index (χ4n) is 2.07. The van der Waals surface area contributed by atoms with Crippen LogP contribution in [0.4, 0.5) is 0 Å². The minimum atomic E-state index is -0.778. The first-order valence-corrected chi connectivity index (χ1v) is 7.45. The van der Waals surface area contributed by atoms with Crippen molar-refractivity contribution in [3.8, 4) is 0 Å². The molecule has 0 aliphatic heterocycles. The molecule has 1 atom stereocenters. The summed E-state index contributed by atoms with van der Waals surface area (Å²) in [4.78, 5) is 12.7. The summed E-state index contributed by atoms with van der Waals surface area (Å²) in [5, 5.41) is 12.2. The molecule has 1 aromatic carbocycles. The Balaban J connectivity index is 1.91. The van der Waals surface area contributed by atoms with Crippen LogP contribution < -0.4 is 5.32 Å². The van der Waals surface area contributed by atoms with Gasteiger partial charge in [0.15, 0.2) is 0 Å². The lowest BCUT2D eigenvalue weighted by atomic mass is 10.1. The number of aliphatic carboxylic acids is 1. The first-order valence-electron chi connectivity index (χ1n) is 6.64. The highest BCUT2D eigenvalue weighted by atomic mass is 32.1. The van der Waals surface area contributed by atoms with Crippen LogP contribution in [-0.4, -0.2) is 11.1 Å². The van der Waals surface area contributed by atoms with Gasteiger partial charge < -0.3 is 10.4 Å². The zero-order valence-electron chi connectivity index (χ0n) is 11.7. The van der Waals surface area contributed by atoms with Gasteiger partial charge in [0.1, 0.15) is 0 Å². The molecule has 2 rings (SSSR count). The molecule has 0 aliphatic carbocycles. The number of hydrogen-bond acceptors (Lipinski definition) is 3. The SMILES string of the molecule is Cc1cccc([C@H](C)NCc2ccc(CC(=O)O)s2)c1. The van der Waals surface area contributed by atoms with Crippen molar-refractivity contribution in [2.24, 2.45) is 0 Å². The van der Waals surface area contributed by atoms with Crippen molar-refractivity contribution in [2.45, 2.75) is 32.9 Å². The van der Waals surface area contributed by atoms with E-state index in [1.54, 1.807) is 11.3 Å². The van der Waals surface area contributed by atoms with Gasteiger partial charge in [0.25, 0.3) is 0 Å². The van der Waals surface area contributed by atoms with Crippen molar-refractivity contribution < 1.29 is 9.90 Å². The van der Waals surface area contributed by atoms with Crippen LogP contribution in [-0.2, 0) is 17.8 Å². The van der Waals surface area contributed by atoms with Gasteiger partial charge in [-0.3, -0.25) is 4.79 Å². The maximum Gasteiger partial charge on any atom is 0.308 e. The van der Waals surface area contributed by atoms with Crippen LogP contribution >= 0.6 is 11.3 Å². The van der Waals surface area contributed by atoms with Crippen LogP contribution in [0.25, 0.3) is 0 Å². The molecule has 0 bridgehead atoms. The normalized spacial score (nSPS) is 12.3. The number of nitrogens with one attached hydrogen (secondary N) is 1. The highest BCUT2D eigenvalue weighted by Crippen LogP contribution is 2.19. The lowest BCUT2D eigenvalue weighted by Crippen LogP contribution is -2.17. The van der Waals surface area contributed by atoms with Gasteiger partial charge in [-0.2, -0.15) is 0 Å². The number of rotatable bonds is 6. The number of carboxylic acids is 1. The van der Waals surface area contributed by atoms with Gasteiger partial charge in [-0.05, 0) is 31.5 Å². The van der Waals surface area contributed by atoms with Crippen molar-refractivity contribution in [2.75, 3.05) is 0 Å². The quantitative estimate of drug-likeness (QED) is 0.855. The average Bonchev–Trinajstić information content (AvgIpc) is 2.82. The summed E-state index contributed by atoms with van der Waals surface area (Å²) in [7, 11) is 0. The van der Waals surface area contributed by atoms with Gasteiger partial charge in [-0.25, -0.2) is 0 Å². The largest absolute Gasteiger partial charge is 0.481 e. The van der Waals surface area contributed by atoms with Crippen molar-refractivity contribution in [1.29, 1.82) is 0 Å². The van der Waals surface area contributed by atoms with Crippen LogP contribution in [0.2, 0.25) is 0 Å². The Morgan fingerprint density at radius 3 is 2.75 bits per heavy atom. The molecule has 1 aromatic heterocycles. The number of carboxylic acid groups (broad SMARTS) is 1. The molecular weight excluding hydrogens is 270 g/mol. The second-order valence-electron chi connectivity index (χ2n) is 4.96. The van der Waals surface area contributed by atoms with E-state index in [4.69, 9.17) is 5.11 Å². The van der Waals surface area contributed by atoms with Gasteiger partial charge >= 0.3 is 5.97 Å². The van der Waals surface area contributed by atoms with Crippen LogP contribution in [0.15, 0.2) is 36.4 Å². The molecular formula is C16H19NO2S. The molecule has 4 heteroatoms. The van der Waals surface area contributed by atoms with E-state index in [0.29, 0.717) is 0 Å². The molecule has 3 nitrogen and oxygen atoms in total. The monoisotopic (exact) mass is 289 g/mol. The maximum absolute atomic E-state index is 10.7. The number of benzene rings is 1. The van der Waals surface area contributed by atoms with Crippen LogP contribution in [0.3, 0.4) is 0 Å². The Morgan fingerprint density at radius 1 is 1.30 bits per heavy atom. The van der Waals surface area contributed by atoms with E-state index in [-0.39, 0.29) is 12.5 Å². The molecule has 2 aromatic rings. The van der Waals surface area contributed by atoms with Crippen molar-refractivity contribution in [3.63, 3.8) is 0 Å². The summed E-state index contributed by atoms with van der Waals surface area (Å²) in [5.74, 6) is -0.778. The predicted molar refractivity (Wildman–Crippen MR) is 82.1 cm³/mol. The molecule has 106 valence electrons. The van der Waals surface area contributed by atoms with Crippen molar-refractivity contribution in [1.82, 2.24) is 5.32 Å². The minimum absolute atomic E-state index is 0.109. The first kappa shape index (κ1) is 14.8. The minimum Gasteiger partial charge on any atom is -0.481 e. The predicted octanol–water partition coefficient (Wildman–Crippen LogP) is 3.53. The second kappa shape index (κ2) is 6.68. The Hall–Kier alpha value is -1.65. The zero-order valence-corrected chi connectivity index (χ0v) is 12.5. The Labute approximate surface area is 123 Å². The molecule has 0 spiro atoms. The second-order valence-corrected chi connectivity index (χ2v) is 6.21. The number of aryl methyl sites for hydroxylation is 1. The molecule has 0 aliphatic rings. The molecule has 0 fully saturated rings. The third-order valence-electron chi connectivity index (χ3n) is 3.17. The van der Waals surface area contributed by atoms with E-state index in [1.807, 2.05) is 12.1 Å². The van der Waals surface area contributed by atoms with E-state index in [9.17, 15) is 4.79 Å². The molecule has 0 radical (unpaired) electrons. The molecule has 2 N–H and O–H groups in total. The molecule has 0 unspecified atom stereocenters. The van der Waals surface area contributed by atoms with Gasteiger partial charge in [-0.15, -0.1) is 11.3 Å². The average molecular weight is 289 g/mol. The highest BCUT2D eigenvalue weighted by Gasteiger charge is 2.07. The third-order valence-corrected chi connectivity index (χ3v) is 4.25. The van der Waals surface area contributed by atoms with E-state index < -0.39 is 5.97 Å². The lowest BCUT2D eigenvalue weighted by molar-refractivity contribution is -0.136. The molecule has 20 heavy (non-hydrogen) atoms. The molecule has 0 saturated heterocycles. The van der Waals surface area contributed by atoms with Crippen LogP contribution in [0, 0.1) is 6.92 Å². The number of hydrogen-bond donors (Lipinski definition) is 2. The third kappa shape index (κ3) is 4.18. The Bertz CT molecular complexity index is 592. The van der Waals surface area contributed by atoms with E-state index in [1.165, 1.54) is 16.0 Å². The fourth-order valence-corrected chi connectivity index (χ4v) is 3.03. The summed E-state index contributed by atoms with van der Waals surface area (Å²) in [6.07, 6.45) is 0.109. The van der Waals surface area contributed by atoms with E-state index in [0.717, 1.165) is 11.4 Å². The smallest absolute Gasteiger partial charge is 0.308 e. The number of carbonyl (C=O) groups is 1. The maximum atomic E-state index is 10.7.